The van der Waals surface area contributed by atoms with Crippen molar-refractivity contribution >= 4 is 5.91 Å². The molecule has 3 nitrogen and oxygen atoms in total. The van der Waals surface area contributed by atoms with Crippen LogP contribution in [0, 0.1) is 0 Å². The Balaban J connectivity index is 2.14. The summed E-state index contributed by atoms with van der Waals surface area (Å²) in [6, 6.07) is 10.6. The second kappa shape index (κ2) is 7.44. The summed E-state index contributed by atoms with van der Waals surface area (Å²) in [5.74, 6) is 0.312. The van der Waals surface area contributed by atoms with E-state index in [-0.39, 0.29) is 5.92 Å². The summed E-state index contributed by atoms with van der Waals surface area (Å²) >= 11 is 0. The fourth-order valence-electron chi connectivity index (χ4n) is 3.18. The predicted molar refractivity (Wildman–Crippen MR) is 82.8 cm³/mol. The Hall–Kier alpha value is -1.35. The van der Waals surface area contributed by atoms with Gasteiger partial charge in [-0.3, -0.25) is 4.79 Å². The first-order valence-electron chi connectivity index (χ1n) is 7.78. The van der Waals surface area contributed by atoms with E-state index in [2.05, 4.69) is 29.3 Å². The summed E-state index contributed by atoms with van der Waals surface area (Å²) in [7, 11) is 1.96. The van der Waals surface area contributed by atoms with Crippen LogP contribution in [-0.4, -0.2) is 37.0 Å². The number of benzene rings is 1. The first kappa shape index (κ1) is 15.0. The van der Waals surface area contributed by atoms with Crippen LogP contribution in [0.25, 0.3) is 0 Å². The molecular formula is C17H26N2O. The Kier molecular flexibility index (Phi) is 5.60. The van der Waals surface area contributed by atoms with Gasteiger partial charge in [0.2, 0.25) is 5.91 Å². The molecule has 0 spiro atoms. The lowest BCUT2D eigenvalue weighted by atomic mass is 9.92. The Morgan fingerprint density at radius 3 is 2.75 bits per heavy atom. The monoisotopic (exact) mass is 274 g/mol. The van der Waals surface area contributed by atoms with Crippen LogP contribution in [-0.2, 0) is 4.79 Å². The molecule has 1 aliphatic heterocycles. The van der Waals surface area contributed by atoms with Crippen LogP contribution < -0.4 is 5.32 Å². The summed E-state index contributed by atoms with van der Waals surface area (Å²) < 4.78 is 0. The average Bonchev–Trinajstić information content (AvgIpc) is 2.50. The van der Waals surface area contributed by atoms with E-state index in [1.165, 1.54) is 6.42 Å². The van der Waals surface area contributed by atoms with Crippen molar-refractivity contribution in [1.29, 1.82) is 0 Å². The second-order valence-corrected chi connectivity index (χ2v) is 5.61. The van der Waals surface area contributed by atoms with Crippen LogP contribution in [0.15, 0.2) is 30.3 Å². The fourth-order valence-corrected chi connectivity index (χ4v) is 3.18. The zero-order valence-electron chi connectivity index (χ0n) is 12.6. The van der Waals surface area contributed by atoms with Crippen molar-refractivity contribution in [1.82, 2.24) is 10.2 Å². The minimum atomic E-state index is 0.00801. The molecule has 2 atom stereocenters. The van der Waals surface area contributed by atoms with Gasteiger partial charge in [0.15, 0.2) is 0 Å². The number of carbonyl (C=O) groups is 1. The third-order valence-corrected chi connectivity index (χ3v) is 4.26. The largest absolute Gasteiger partial charge is 0.338 e. The standard InChI is InChI=1S/C17H26N2O/c1-3-16(14-9-5-4-6-10-14)17(20)19-12-8-7-11-15(19)13-18-2/h4-6,9-10,15-16,18H,3,7-8,11-13H2,1-2H3. The van der Waals surface area contributed by atoms with Crippen molar-refractivity contribution in [2.75, 3.05) is 20.1 Å². The number of amides is 1. The normalized spacial score (nSPS) is 20.7. The number of nitrogens with one attached hydrogen (secondary N) is 1. The molecule has 110 valence electrons. The van der Waals surface area contributed by atoms with Crippen molar-refractivity contribution < 1.29 is 4.79 Å². The first-order valence-corrected chi connectivity index (χ1v) is 7.78. The molecule has 1 aromatic rings. The summed E-state index contributed by atoms with van der Waals surface area (Å²) in [6.07, 6.45) is 4.36. The number of nitrogens with zero attached hydrogens (tertiary/aromatic N) is 1. The van der Waals surface area contributed by atoms with Crippen LogP contribution >= 0.6 is 0 Å². The molecule has 1 amide bonds. The van der Waals surface area contributed by atoms with Crippen LogP contribution in [0.2, 0.25) is 0 Å². The van der Waals surface area contributed by atoms with Crippen LogP contribution in [0.5, 0.6) is 0 Å². The summed E-state index contributed by atoms with van der Waals surface area (Å²) in [5.41, 5.74) is 1.15. The van der Waals surface area contributed by atoms with Crippen LogP contribution in [0.1, 0.15) is 44.1 Å². The molecular weight excluding hydrogens is 248 g/mol. The maximum atomic E-state index is 12.9. The van der Waals surface area contributed by atoms with Gasteiger partial charge in [-0.2, -0.15) is 0 Å². The van der Waals surface area contributed by atoms with Gasteiger partial charge in [-0.1, -0.05) is 37.3 Å². The zero-order valence-corrected chi connectivity index (χ0v) is 12.6. The number of piperidine rings is 1. The molecule has 0 bridgehead atoms. The van der Waals surface area contributed by atoms with Gasteiger partial charge < -0.3 is 10.2 Å². The molecule has 2 rings (SSSR count). The van der Waals surface area contributed by atoms with Gasteiger partial charge in [0, 0.05) is 19.1 Å². The number of rotatable bonds is 5. The highest BCUT2D eigenvalue weighted by atomic mass is 16.2. The third-order valence-electron chi connectivity index (χ3n) is 4.26. The van der Waals surface area contributed by atoms with Gasteiger partial charge in [0.25, 0.3) is 0 Å². The van der Waals surface area contributed by atoms with Crippen molar-refractivity contribution in [3.63, 3.8) is 0 Å². The molecule has 1 heterocycles. The highest BCUT2D eigenvalue weighted by Gasteiger charge is 2.30. The lowest BCUT2D eigenvalue weighted by Gasteiger charge is -2.38. The Morgan fingerprint density at radius 2 is 2.10 bits per heavy atom. The van der Waals surface area contributed by atoms with E-state index in [0.29, 0.717) is 11.9 Å². The number of hydrogen-bond donors (Lipinski definition) is 1. The maximum absolute atomic E-state index is 12.9. The summed E-state index contributed by atoms with van der Waals surface area (Å²) in [4.78, 5) is 15.0. The molecule has 1 aromatic carbocycles. The van der Waals surface area contributed by atoms with Crippen LogP contribution in [0.3, 0.4) is 0 Å². The predicted octanol–water partition coefficient (Wildman–Crippen LogP) is 2.78. The molecule has 1 saturated heterocycles. The molecule has 2 unspecified atom stereocenters. The summed E-state index contributed by atoms with van der Waals surface area (Å²) in [6.45, 7) is 3.91. The minimum Gasteiger partial charge on any atom is -0.338 e. The minimum absolute atomic E-state index is 0.00801. The number of likely N-dealkylation sites (tertiary alicyclic amines) is 1. The zero-order chi connectivity index (χ0) is 14.4. The second-order valence-electron chi connectivity index (χ2n) is 5.61. The molecule has 1 aliphatic rings. The van der Waals surface area contributed by atoms with Crippen molar-refractivity contribution in [2.45, 2.75) is 44.6 Å². The molecule has 0 saturated carbocycles. The fraction of sp³-hybridized carbons (Fsp3) is 0.588. The van der Waals surface area contributed by atoms with E-state index in [1.54, 1.807) is 0 Å². The average molecular weight is 274 g/mol. The highest BCUT2D eigenvalue weighted by Crippen LogP contribution is 2.26. The quantitative estimate of drug-likeness (QED) is 0.895. The Bertz CT molecular complexity index is 416. The SMILES string of the molecule is CCC(C(=O)N1CCCCC1CNC)c1ccccc1. The van der Waals surface area contributed by atoms with Gasteiger partial charge in [-0.15, -0.1) is 0 Å². The van der Waals surface area contributed by atoms with Crippen molar-refractivity contribution in [3.05, 3.63) is 35.9 Å². The smallest absolute Gasteiger partial charge is 0.230 e. The summed E-state index contributed by atoms with van der Waals surface area (Å²) in [5, 5.41) is 3.23. The van der Waals surface area contributed by atoms with Gasteiger partial charge in [-0.25, -0.2) is 0 Å². The van der Waals surface area contributed by atoms with E-state index in [4.69, 9.17) is 0 Å². The molecule has 0 radical (unpaired) electrons. The number of hydrogen-bond acceptors (Lipinski definition) is 2. The van der Waals surface area contributed by atoms with E-state index in [9.17, 15) is 4.79 Å². The van der Waals surface area contributed by atoms with E-state index < -0.39 is 0 Å². The van der Waals surface area contributed by atoms with Crippen molar-refractivity contribution in [2.24, 2.45) is 0 Å². The first-order chi connectivity index (χ1) is 9.77. The molecule has 0 aromatic heterocycles. The topological polar surface area (TPSA) is 32.3 Å². The molecule has 0 aliphatic carbocycles. The van der Waals surface area contributed by atoms with Gasteiger partial charge in [-0.05, 0) is 38.3 Å². The maximum Gasteiger partial charge on any atom is 0.230 e. The van der Waals surface area contributed by atoms with Gasteiger partial charge >= 0.3 is 0 Å². The number of likely N-dealkylation sites (N-methyl/N-ethyl adjacent to an activating group) is 1. The number of carbonyl (C=O) groups excluding carboxylic acids is 1. The van der Waals surface area contributed by atoms with E-state index in [1.807, 2.05) is 25.2 Å². The lowest BCUT2D eigenvalue weighted by Crippen LogP contribution is -2.49. The van der Waals surface area contributed by atoms with Gasteiger partial charge in [0.1, 0.15) is 0 Å². The highest BCUT2D eigenvalue weighted by molar-refractivity contribution is 5.84. The van der Waals surface area contributed by atoms with E-state index >= 15 is 0 Å². The van der Waals surface area contributed by atoms with Crippen LogP contribution in [0.4, 0.5) is 0 Å². The Labute approximate surface area is 122 Å². The van der Waals surface area contributed by atoms with Crippen molar-refractivity contribution in [3.8, 4) is 0 Å². The molecule has 1 fully saturated rings. The molecule has 1 N–H and O–H groups in total. The lowest BCUT2D eigenvalue weighted by molar-refractivity contribution is -0.136. The third kappa shape index (κ3) is 3.40. The molecule has 20 heavy (non-hydrogen) atoms. The molecule has 3 heteroatoms. The van der Waals surface area contributed by atoms with Gasteiger partial charge in [0.05, 0.1) is 5.92 Å². The van der Waals surface area contributed by atoms with E-state index in [0.717, 1.165) is 37.9 Å². The Morgan fingerprint density at radius 1 is 1.35 bits per heavy atom.